The lowest BCUT2D eigenvalue weighted by Crippen LogP contribution is -2.30. The maximum absolute atomic E-state index is 11.8. The standard InChI is InChI=1S/C12H21N3O2/c1-3-4-10(5-6-16)7-14-12(17)11-8-13-9-15(11)2/h8-10,16H,3-7H2,1-2H3,(H,14,17). The van der Waals surface area contributed by atoms with Gasteiger partial charge in [-0.15, -0.1) is 0 Å². The molecule has 0 bridgehead atoms. The molecule has 1 aromatic rings. The van der Waals surface area contributed by atoms with Crippen LogP contribution < -0.4 is 5.32 Å². The predicted molar refractivity (Wildman–Crippen MR) is 65.6 cm³/mol. The van der Waals surface area contributed by atoms with E-state index in [4.69, 9.17) is 5.11 Å². The van der Waals surface area contributed by atoms with E-state index in [1.54, 1.807) is 24.1 Å². The maximum Gasteiger partial charge on any atom is 0.269 e. The number of aryl methyl sites for hydroxylation is 1. The Kier molecular flexibility index (Phi) is 5.69. The van der Waals surface area contributed by atoms with Gasteiger partial charge in [0.05, 0.1) is 12.5 Å². The van der Waals surface area contributed by atoms with Gasteiger partial charge >= 0.3 is 0 Å². The van der Waals surface area contributed by atoms with Crippen LogP contribution in [0.4, 0.5) is 0 Å². The highest BCUT2D eigenvalue weighted by atomic mass is 16.3. The number of hydrogen-bond acceptors (Lipinski definition) is 3. The minimum atomic E-state index is -0.107. The summed E-state index contributed by atoms with van der Waals surface area (Å²) in [4.78, 5) is 15.7. The molecule has 1 atom stereocenters. The number of carbonyl (C=O) groups excluding carboxylic acids is 1. The molecule has 1 aromatic heterocycles. The van der Waals surface area contributed by atoms with Crippen molar-refractivity contribution in [3.8, 4) is 0 Å². The normalized spacial score (nSPS) is 12.4. The van der Waals surface area contributed by atoms with Gasteiger partial charge < -0.3 is 15.0 Å². The first kappa shape index (κ1) is 13.7. The zero-order valence-corrected chi connectivity index (χ0v) is 10.5. The van der Waals surface area contributed by atoms with E-state index in [-0.39, 0.29) is 12.5 Å². The summed E-state index contributed by atoms with van der Waals surface area (Å²) in [6.45, 7) is 2.89. The van der Waals surface area contributed by atoms with Crippen LogP contribution >= 0.6 is 0 Å². The van der Waals surface area contributed by atoms with Gasteiger partial charge in [-0.1, -0.05) is 13.3 Å². The molecule has 1 unspecified atom stereocenters. The van der Waals surface area contributed by atoms with Gasteiger partial charge in [-0.2, -0.15) is 0 Å². The largest absolute Gasteiger partial charge is 0.396 e. The third kappa shape index (κ3) is 4.19. The fourth-order valence-corrected chi connectivity index (χ4v) is 1.84. The summed E-state index contributed by atoms with van der Waals surface area (Å²) in [5.41, 5.74) is 0.559. The molecule has 0 aliphatic rings. The number of carbonyl (C=O) groups is 1. The minimum Gasteiger partial charge on any atom is -0.396 e. The Morgan fingerprint density at radius 3 is 2.88 bits per heavy atom. The zero-order chi connectivity index (χ0) is 12.7. The van der Waals surface area contributed by atoms with E-state index in [0.717, 1.165) is 19.3 Å². The van der Waals surface area contributed by atoms with Gasteiger partial charge in [0.25, 0.3) is 5.91 Å². The number of amides is 1. The van der Waals surface area contributed by atoms with Crippen LogP contribution in [0.3, 0.4) is 0 Å². The van der Waals surface area contributed by atoms with Crippen molar-refractivity contribution < 1.29 is 9.90 Å². The van der Waals surface area contributed by atoms with Crippen molar-refractivity contribution in [2.75, 3.05) is 13.2 Å². The Morgan fingerprint density at radius 1 is 1.59 bits per heavy atom. The van der Waals surface area contributed by atoms with Crippen molar-refractivity contribution in [1.82, 2.24) is 14.9 Å². The molecule has 2 N–H and O–H groups in total. The van der Waals surface area contributed by atoms with E-state index < -0.39 is 0 Å². The van der Waals surface area contributed by atoms with Gasteiger partial charge in [0.15, 0.2) is 0 Å². The van der Waals surface area contributed by atoms with Gasteiger partial charge in [-0.25, -0.2) is 4.98 Å². The first-order valence-corrected chi connectivity index (χ1v) is 6.04. The van der Waals surface area contributed by atoms with E-state index in [0.29, 0.717) is 18.2 Å². The van der Waals surface area contributed by atoms with Gasteiger partial charge in [0.1, 0.15) is 5.69 Å². The Morgan fingerprint density at radius 2 is 2.35 bits per heavy atom. The van der Waals surface area contributed by atoms with E-state index in [1.165, 1.54) is 0 Å². The SMILES string of the molecule is CCCC(CCO)CNC(=O)c1cncn1C. The summed E-state index contributed by atoms with van der Waals surface area (Å²) in [6.07, 6.45) is 5.97. The molecule has 1 heterocycles. The van der Waals surface area contributed by atoms with Crippen molar-refractivity contribution in [1.29, 1.82) is 0 Å². The molecule has 0 saturated heterocycles. The van der Waals surface area contributed by atoms with Crippen LogP contribution in [0.1, 0.15) is 36.7 Å². The van der Waals surface area contributed by atoms with Gasteiger partial charge in [-0.3, -0.25) is 4.79 Å². The third-order valence-corrected chi connectivity index (χ3v) is 2.83. The van der Waals surface area contributed by atoms with E-state index in [9.17, 15) is 4.79 Å². The molecule has 0 saturated carbocycles. The number of imidazole rings is 1. The third-order valence-electron chi connectivity index (χ3n) is 2.83. The smallest absolute Gasteiger partial charge is 0.269 e. The second-order valence-corrected chi connectivity index (χ2v) is 4.27. The molecule has 0 fully saturated rings. The number of nitrogens with zero attached hydrogens (tertiary/aromatic N) is 2. The molecule has 0 aromatic carbocycles. The first-order chi connectivity index (χ1) is 8.19. The lowest BCUT2D eigenvalue weighted by molar-refractivity contribution is 0.0934. The van der Waals surface area contributed by atoms with Crippen LogP contribution in [0, 0.1) is 5.92 Å². The molecule has 0 aliphatic heterocycles. The summed E-state index contributed by atoms with van der Waals surface area (Å²) < 4.78 is 1.69. The van der Waals surface area contributed by atoms with Crippen LogP contribution in [-0.2, 0) is 7.05 Å². The molecule has 5 heteroatoms. The molecule has 96 valence electrons. The molecule has 1 rings (SSSR count). The second kappa shape index (κ2) is 7.06. The summed E-state index contributed by atoms with van der Waals surface area (Å²) in [7, 11) is 1.79. The van der Waals surface area contributed by atoms with Crippen LogP contribution in [0.5, 0.6) is 0 Å². The highest BCUT2D eigenvalue weighted by Gasteiger charge is 2.12. The Balaban J connectivity index is 2.43. The van der Waals surface area contributed by atoms with Gasteiger partial charge in [-0.05, 0) is 18.8 Å². The Hall–Kier alpha value is -1.36. The fraction of sp³-hybridized carbons (Fsp3) is 0.667. The number of aliphatic hydroxyl groups excluding tert-OH is 1. The Labute approximate surface area is 102 Å². The number of aromatic nitrogens is 2. The maximum atomic E-state index is 11.8. The van der Waals surface area contributed by atoms with Crippen molar-refractivity contribution >= 4 is 5.91 Å². The quantitative estimate of drug-likeness (QED) is 0.744. The molecular formula is C12H21N3O2. The lowest BCUT2D eigenvalue weighted by Gasteiger charge is -2.15. The summed E-state index contributed by atoms with van der Waals surface area (Å²) in [5.74, 6) is 0.242. The molecule has 17 heavy (non-hydrogen) atoms. The fourth-order valence-electron chi connectivity index (χ4n) is 1.84. The van der Waals surface area contributed by atoms with Crippen LogP contribution in [0.25, 0.3) is 0 Å². The number of nitrogens with one attached hydrogen (secondary N) is 1. The van der Waals surface area contributed by atoms with Gasteiger partial charge in [0, 0.05) is 20.2 Å². The summed E-state index contributed by atoms with van der Waals surface area (Å²) in [6, 6.07) is 0. The van der Waals surface area contributed by atoms with Gasteiger partial charge in [0.2, 0.25) is 0 Å². The van der Waals surface area contributed by atoms with Crippen molar-refractivity contribution in [2.24, 2.45) is 13.0 Å². The lowest BCUT2D eigenvalue weighted by atomic mass is 10.0. The molecule has 1 amide bonds. The molecule has 0 aliphatic carbocycles. The van der Waals surface area contributed by atoms with Crippen LogP contribution in [0.15, 0.2) is 12.5 Å². The predicted octanol–water partition coefficient (Wildman–Crippen LogP) is 0.949. The Bertz CT molecular complexity index is 343. The van der Waals surface area contributed by atoms with E-state index >= 15 is 0 Å². The molecule has 0 radical (unpaired) electrons. The van der Waals surface area contributed by atoms with Crippen LogP contribution in [0.2, 0.25) is 0 Å². The number of aliphatic hydroxyl groups is 1. The highest BCUT2D eigenvalue weighted by Crippen LogP contribution is 2.09. The average Bonchev–Trinajstić information content (AvgIpc) is 2.72. The highest BCUT2D eigenvalue weighted by molar-refractivity contribution is 5.92. The minimum absolute atomic E-state index is 0.107. The monoisotopic (exact) mass is 239 g/mol. The van der Waals surface area contributed by atoms with Crippen molar-refractivity contribution in [3.63, 3.8) is 0 Å². The zero-order valence-electron chi connectivity index (χ0n) is 10.5. The second-order valence-electron chi connectivity index (χ2n) is 4.27. The number of hydrogen-bond donors (Lipinski definition) is 2. The van der Waals surface area contributed by atoms with Crippen molar-refractivity contribution in [2.45, 2.75) is 26.2 Å². The van der Waals surface area contributed by atoms with Crippen molar-refractivity contribution in [3.05, 3.63) is 18.2 Å². The summed E-state index contributed by atoms with van der Waals surface area (Å²) in [5, 5.41) is 11.8. The summed E-state index contributed by atoms with van der Waals surface area (Å²) >= 11 is 0. The molecule has 0 spiro atoms. The van der Waals surface area contributed by atoms with E-state index in [1.807, 2.05) is 0 Å². The topological polar surface area (TPSA) is 67.2 Å². The first-order valence-electron chi connectivity index (χ1n) is 6.04. The molecular weight excluding hydrogens is 218 g/mol. The van der Waals surface area contributed by atoms with E-state index in [2.05, 4.69) is 17.2 Å². The van der Waals surface area contributed by atoms with Crippen LogP contribution in [-0.4, -0.2) is 33.7 Å². The average molecular weight is 239 g/mol. The number of rotatable bonds is 7. The molecule has 5 nitrogen and oxygen atoms in total.